The standard InChI is InChI=1S/C16H20O2/c1-2-15(14-6-4-3-5-7-14)8-10-16(11-9-15)17-12-13-18-16/h2-7H,1,8-13H2. The van der Waals surface area contributed by atoms with Gasteiger partial charge < -0.3 is 9.47 Å². The average molecular weight is 244 g/mol. The molecule has 2 aliphatic rings. The molecule has 3 rings (SSSR count). The summed E-state index contributed by atoms with van der Waals surface area (Å²) in [6.45, 7) is 5.55. The molecule has 1 saturated heterocycles. The van der Waals surface area contributed by atoms with Gasteiger partial charge in [-0.1, -0.05) is 36.4 Å². The number of ether oxygens (including phenoxy) is 2. The molecule has 0 amide bonds. The number of hydrogen-bond donors (Lipinski definition) is 0. The maximum atomic E-state index is 5.80. The van der Waals surface area contributed by atoms with Crippen molar-refractivity contribution in [3.8, 4) is 0 Å². The van der Waals surface area contributed by atoms with Gasteiger partial charge in [0.1, 0.15) is 0 Å². The molecular formula is C16H20O2. The van der Waals surface area contributed by atoms with E-state index in [4.69, 9.17) is 9.47 Å². The maximum absolute atomic E-state index is 5.80. The number of hydrogen-bond acceptors (Lipinski definition) is 2. The molecule has 0 aromatic heterocycles. The molecule has 1 saturated carbocycles. The molecule has 18 heavy (non-hydrogen) atoms. The fraction of sp³-hybridized carbons (Fsp3) is 0.500. The molecule has 1 aromatic carbocycles. The second-order valence-electron chi connectivity index (χ2n) is 5.33. The Morgan fingerprint density at radius 2 is 1.56 bits per heavy atom. The van der Waals surface area contributed by atoms with Gasteiger partial charge >= 0.3 is 0 Å². The van der Waals surface area contributed by atoms with E-state index in [0.717, 1.165) is 38.9 Å². The molecule has 0 atom stereocenters. The van der Waals surface area contributed by atoms with E-state index in [0.29, 0.717) is 0 Å². The summed E-state index contributed by atoms with van der Waals surface area (Å²) in [6, 6.07) is 10.7. The smallest absolute Gasteiger partial charge is 0.168 e. The molecule has 0 radical (unpaired) electrons. The van der Waals surface area contributed by atoms with Gasteiger partial charge in [0, 0.05) is 18.3 Å². The van der Waals surface area contributed by atoms with Crippen LogP contribution in [-0.4, -0.2) is 19.0 Å². The summed E-state index contributed by atoms with van der Waals surface area (Å²) in [5, 5.41) is 0. The molecule has 1 spiro atoms. The minimum atomic E-state index is -0.290. The van der Waals surface area contributed by atoms with Gasteiger partial charge in [0.05, 0.1) is 13.2 Å². The monoisotopic (exact) mass is 244 g/mol. The van der Waals surface area contributed by atoms with Gasteiger partial charge in [0.15, 0.2) is 5.79 Å². The molecule has 2 nitrogen and oxygen atoms in total. The van der Waals surface area contributed by atoms with Crippen LogP contribution >= 0.6 is 0 Å². The third-order valence-electron chi connectivity index (χ3n) is 4.46. The summed E-state index contributed by atoms with van der Waals surface area (Å²) < 4.78 is 11.6. The molecule has 0 N–H and O–H groups in total. The maximum Gasteiger partial charge on any atom is 0.168 e. The van der Waals surface area contributed by atoms with Crippen LogP contribution in [0.25, 0.3) is 0 Å². The Bertz CT molecular complexity index is 408. The van der Waals surface area contributed by atoms with Crippen LogP contribution in [0.1, 0.15) is 31.2 Å². The summed E-state index contributed by atoms with van der Waals surface area (Å²) in [5.41, 5.74) is 1.47. The minimum absolute atomic E-state index is 0.0990. The van der Waals surface area contributed by atoms with Crippen LogP contribution in [0, 0.1) is 0 Å². The van der Waals surface area contributed by atoms with Crippen molar-refractivity contribution in [3.05, 3.63) is 48.6 Å². The Kier molecular flexibility index (Phi) is 3.00. The molecule has 96 valence electrons. The fourth-order valence-electron chi connectivity index (χ4n) is 3.24. The van der Waals surface area contributed by atoms with E-state index in [-0.39, 0.29) is 11.2 Å². The summed E-state index contributed by atoms with van der Waals surface area (Å²) in [7, 11) is 0. The first-order chi connectivity index (χ1) is 8.79. The van der Waals surface area contributed by atoms with Gasteiger partial charge in [-0.05, 0) is 18.4 Å². The molecule has 2 fully saturated rings. The lowest BCUT2D eigenvalue weighted by Gasteiger charge is -2.42. The Morgan fingerprint density at radius 3 is 2.11 bits per heavy atom. The van der Waals surface area contributed by atoms with Crippen molar-refractivity contribution in [2.24, 2.45) is 0 Å². The predicted molar refractivity (Wildman–Crippen MR) is 71.4 cm³/mol. The van der Waals surface area contributed by atoms with Crippen molar-refractivity contribution in [2.45, 2.75) is 36.9 Å². The topological polar surface area (TPSA) is 18.5 Å². The van der Waals surface area contributed by atoms with Crippen LogP contribution < -0.4 is 0 Å². The van der Waals surface area contributed by atoms with Crippen LogP contribution in [0.5, 0.6) is 0 Å². The number of benzene rings is 1. The van der Waals surface area contributed by atoms with E-state index in [1.54, 1.807) is 0 Å². The Hall–Kier alpha value is -1.12. The second-order valence-corrected chi connectivity index (χ2v) is 5.33. The average Bonchev–Trinajstić information content (AvgIpc) is 2.90. The lowest BCUT2D eigenvalue weighted by molar-refractivity contribution is -0.182. The van der Waals surface area contributed by atoms with Crippen molar-refractivity contribution < 1.29 is 9.47 Å². The molecule has 2 heteroatoms. The molecule has 1 aromatic rings. The molecule has 0 bridgehead atoms. The molecule has 1 heterocycles. The van der Waals surface area contributed by atoms with Crippen molar-refractivity contribution in [3.63, 3.8) is 0 Å². The van der Waals surface area contributed by atoms with E-state index in [1.165, 1.54) is 5.56 Å². The second kappa shape index (κ2) is 4.52. The van der Waals surface area contributed by atoms with Crippen molar-refractivity contribution >= 4 is 0 Å². The Morgan fingerprint density at radius 1 is 0.944 bits per heavy atom. The van der Waals surface area contributed by atoms with Gasteiger partial charge in [-0.2, -0.15) is 0 Å². The first kappa shape index (κ1) is 11.9. The van der Waals surface area contributed by atoms with Gasteiger partial charge in [-0.25, -0.2) is 0 Å². The summed E-state index contributed by atoms with van der Waals surface area (Å²) >= 11 is 0. The lowest BCUT2D eigenvalue weighted by atomic mass is 9.68. The van der Waals surface area contributed by atoms with E-state index < -0.39 is 0 Å². The third-order valence-corrected chi connectivity index (χ3v) is 4.46. The highest BCUT2D eigenvalue weighted by Gasteiger charge is 2.45. The highest BCUT2D eigenvalue weighted by molar-refractivity contribution is 5.31. The van der Waals surface area contributed by atoms with Crippen LogP contribution in [0.4, 0.5) is 0 Å². The first-order valence-corrected chi connectivity index (χ1v) is 6.76. The lowest BCUT2D eigenvalue weighted by Crippen LogP contribution is -2.41. The molecule has 1 aliphatic heterocycles. The highest BCUT2D eigenvalue weighted by atomic mass is 16.7. The summed E-state index contributed by atoms with van der Waals surface area (Å²) in [4.78, 5) is 0. The van der Waals surface area contributed by atoms with Crippen molar-refractivity contribution in [2.75, 3.05) is 13.2 Å². The van der Waals surface area contributed by atoms with Crippen molar-refractivity contribution in [1.29, 1.82) is 0 Å². The first-order valence-electron chi connectivity index (χ1n) is 6.76. The highest BCUT2D eigenvalue weighted by Crippen LogP contribution is 2.46. The van der Waals surface area contributed by atoms with Gasteiger partial charge in [0.25, 0.3) is 0 Å². The molecule has 0 unspecified atom stereocenters. The zero-order valence-corrected chi connectivity index (χ0v) is 10.7. The molecule has 1 aliphatic carbocycles. The zero-order valence-electron chi connectivity index (χ0n) is 10.7. The van der Waals surface area contributed by atoms with Gasteiger partial charge in [0.2, 0.25) is 0 Å². The largest absolute Gasteiger partial charge is 0.348 e. The predicted octanol–water partition coefficient (Wildman–Crippen LogP) is 3.43. The Labute approximate surface area is 109 Å². The zero-order chi connectivity index (χ0) is 12.5. The van der Waals surface area contributed by atoms with Crippen molar-refractivity contribution in [1.82, 2.24) is 0 Å². The third kappa shape index (κ3) is 1.90. The van der Waals surface area contributed by atoms with E-state index >= 15 is 0 Å². The van der Waals surface area contributed by atoms with Crippen LogP contribution in [-0.2, 0) is 14.9 Å². The minimum Gasteiger partial charge on any atom is -0.348 e. The number of allylic oxidation sites excluding steroid dienone is 1. The van der Waals surface area contributed by atoms with E-state index in [2.05, 4.69) is 43.0 Å². The van der Waals surface area contributed by atoms with Crippen LogP contribution in [0.15, 0.2) is 43.0 Å². The van der Waals surface area contributed by atoms with Gasteiger partial charge in [-0.3, -0.25) is 0 Å². The van der Waals surface area contributed by atoms with Crippen LogP contribution in [0.3, 0.4) is 0 Å². The van der Waals surface area contributed by atoms with E-state index in [9.17, 15) is 0 Å². The molecular weight excluding hydrogens is 224 g/mol. The van der Waals surface area contributed by atoms with E-state index in [1.807, 2.05) is 0 Å². The quantitative estimate of drug-likeness (QED) is 0.742. The SMILES string of the molecule is C=CC1(c2ccccc2)CCC2(CC1)OCCO2. The number of rotatable bonds is 2. The Balaban J connectivity index is 1.82. The normalized spacial score (nSPS) is 25.1. The van der Waals surface area contributed by atoms with Gasteiger partial charge in [-0.15, -0.1) is 6.58 Å². The summed E-state index contributed by atoms with van der Waals surface area (Å²) in [6.07, 6.45) is 6.16. The fourth-order valence-corrected chi connectivity index (χ4v) is 3.24. The summed E-state index contributed by atoms with van der Waals surface area (Å²) in [5.74, 6) is -0.290. The van der Waals surface area contributed by atoms with Crippen LogP contribution in [0.2, 0.25) is 0 Å².